The predicted octanol–water partition coefficient (Wildman–Crippen LogP) is 4.54. The van der Waals surface area contributed by atoms with Crippen LogP contribution in [0.3, 0.4) is 0 Å². The minimum absolute atomic E-state index is 0.00470. The Balaban J connectivity index is 1.94. The van der Waals surface area contributed by atoms with Crippen LogP contribution in [0, 0.1) is 27.2 Å². The largest absolute Gasteiger partial charge is 0.505 e. The van der Waals surface area contributed by atoms with Gasteiger partial charge in [0.25, 0.3) is 11.4 Å². The van der Waals surface area contributed by atoms with Gasteiger partial charge in [-0.1, -0.05) is 0 Å². The van der Waals surface area contributed by atoms with Crippen molar-refractivity contribution in [2.45, 2.75) is 6.92 Å². The van der Waals surface area contributed by atoms with Crippen LogP contribution in [0.2, 0.25) is 0 Å². The molecule has 29 heavy (non-hydrogen) atoms. The molecule has 0 radical (unpaired) electrons. The average Bonchev–Trinajstić information content (AvgIpc) is 3.17. The molecule has 0 unspecified atom stereocenters. The summed E-state index contributed by atoms with van der Waals surface area (Å²) in [6.07, 6.45) is 1.26. The summed E-state index contributed by atoms with van der Waals surface area (Å²) >= 11 is 0. The van der Waals surface area contributed by atoms with Crippen molar-refractivity contribution in [1.82, 2.24) is 0 Å². The fourth-order valence-electron chi connectivity index (χ4n) is 2.64. The summed E-state index contributed by atoms with van der Waals surface area (Å²) < 4.78 is 10.6. The van der Waals surface area contributed by atoms with Gasteiger partial charge < -0.3 is 14.3 Å². The van der Waals surface area contributed by atoms with Crippen molar-refractivity contribution in [3.8, 4) is 22.8 Å². The Morgan fingerprint density at radius 3 is 2.52 bits per heavy atom. The molecule has 3 rings (SSSR count). The number of ether oxygens (including phenoxy) is 1. The van der Waals surface area contributed by atoms with Crippen molar-refractivity contribution >= 4 is 23.3 Å². The molecule has 0 aliphatic heterocycles. The lowest BCUT2D eigenvalue weighted by Crippen LogP contribution is -1.93. The minimum atomic E-state index is -0.584. The standard InChI is InChI=1S/C19H15N3O7/c1-11-7-12(21(24)25)8-16(19(11)23)20-10-14-4-6-18(29-14)15-5-3-13(28-2)9-17(15)22(26)27/h3-10,23H,1-2H3. The third kappa shape index (κ3) is 4.05. The molecule has 0 amide bonds. The molecule has 2 aromatic carbocycles. The number of nitrogens with zero attached hydrogens (tertiary/aromatic N) is 3. The lowest BCUT2D eigenvalue weighted by molar-refractivity contribution is -0.384. The molecule has 0 saturated heterocycles. The fraction of sp³-hybridized carbons (Fsp3) is 0.105. The monoisotopic (exact) mass is 397 g/mol. The van der Waals surface area contributed by atoms with Crippen molar-refractivity contribution in [1.29, 1.82) is 0 Å². The molecule has 0 atom stereocenters. The van der Waals surface area contributed by atoms with E-state index in [9.17, 15) is 25.3 Å². The summed E-state index contributed by atoms with van der Waals surface area (Å²) in [5.74, 6) is 0.628. The van der Waals surface area contributed by atoms with Crippen molar-refractivity contribution in [2.75, 3.05) is 7.11 Å². The maximum absolute atomic E-state index is 11.3. The first-order valence-electron chi connectivity index (χ1n) is 8.25. The number of hydrogen-bond acceptors (Lipinski definition) is 8. The van der Waals surface area contributed by atoms with Gasteiger partial charge in [0, 0.05) is 12.1 Å². The van der Waals surface area contributed by atoms with Crippen molar-refractivity contribution in [2.24, 2.45) is 4.99 Å². The first-order chi connectivity index (χ1) is 13.8. The lowest BCUT2D eigenvalue weighted by Gasteiger charge is -2.03. The number of nitro groups is 2. The molecule has 10 nitrogen and oxygen atoms in total. The van der Waals surface area contributed by atoms with Crippen LogP contribution < -0.4 is 4.74 Å². The summed E-state index contributed by atoms with van der Waals surface area (Å²) in [4.78, 5) is 25.2. The van der Waals surface area contributed by atoms with Crippen LogP contribution in [0.15, 0.2) is 51.9 Å². The van der Waals surface area contributed by atoms with Gasteiger partial charge >= 0.3 is 0 Å². The zero-order valence-corrected chi connectivity index (χ0v) is 15.4. The van der Waals surface area contributed by atoms with Crippen LogP contribution in [-0.4, -0.2) is 28.3 Å². The predicted molar refractivity (Wildman–Crippen MR) is 104 cm³/mol. The number of aliphatic imine (C=N–C) groups is 1. The van der Waals surface area contributed by atoms with Crippen LogP contribution in [-0.2, 0) is 0 Å². The molecule has 0 bridgehead atoms. The van der Waals surface area contributed by atoms with E-state index in [2.05, 4.69) is 4.99 Å². The molecule has 3 aromatic rings. The highest BCUT2D eigenvalue weighted by Gasteiger charge is 2.19. The van der Waals surface area contributed by atoms with Gasteiger partial charge in [0.05, 0.1) is 34.8 Å². The summed E-state index contributed by atoms with van der Waals surface area (Å²) in [7, 11) is 1.41. The van der Waals surface area contributed by atoms with Gasteiger partial charge in [-0.25, -0.2) is 4.99 Å². The molecular weight excluding hydrogens is 382 g/mol. The second-order valence-corrected chi connectivity index (χ2v) is 5.99. The van der Waals surface area contributed by atoms with Gasteiger partial charge in [-0.3, -0.25) is 20.2 Å². The Bertz CT molecular complexity index is 1130. The Labute approximate surface area is 164 Å². The quantitative estimate of drug-likeness (QED) is 0.366. The van der Waals surface area contributed by atoms with Gasteiger partial charge in [0.2, 0.25) is 0 Å². The first kappa shape index (κ1) is 19.5. The molecule has 10 heteroatoms. The molecule has 1 N–H and O–H groups in total. The molecule has 0 fully saturated rings. The topological polar surface area (TPSA) is 141 Å². The number of nitro benzene ring substituents is 2. The molecule has 1 aromatic heterocycles. The summed E-state index contributed by atoms with van der Waals surface area (Å²) in [5, 5.41) is 32.4. The van der Waals surface area contributed by atoms with E-state index < -0.39 is 9.85 Å². The van der Waals surface area contributed by atoms with Crippen molar-refractivity contribution < 1.29 is 24.1 Å². The number of phenolic OH excluding ortho intramolecular Hbond substituents is 1. The Hall–Kier alpha value is -4.21. The number of hydrogen-bond donors (Lipinski definition) is 1. The third-order valence-electron chi connectivity index (χ3n) is 4.10. The number of aryl methyl sites for hydroxylation is 1. The Morgan fingerprint density at radius 1 is 1.10 bits per heavy atom. The van der Waals surface area contributed by atoms with E-state index in [0.29, 0.717) is 11.3 Å². The van der Waals surface area contributed by atoms with Gasteiger partial charge in [-0.05, 0) is 36.8 Å². The fourth-order valence-corrected chi connectivity index (χ4v) is 2.64. The summed E-state index contributed by atoms with van der Waals surface area (Å²) in [5.41, 5.74) is 0.172. The maximum atomic E-state index is 11.3. The van der Waals surface area contributed by atoms with Gasteiger partial charge in [0.1, 0.15) is 28.7 Å². The molecule has 0 aliphatic carbocycles. The molecule has 0 aliphatic rings. The van der Waals surface area contributed by atoms with Crippen molar-refractivity contribution in [3.63, 3.8) is 0 Å². The third-order valence-corrected chi connectivity index (χ3v) is 4.10. The maximum Gasteiger partial charge on any atom is 0.284 e. The van der Waals surface area contributed by atoms with Crippen molar-refractivity contribution in [3.05, 3.63) is 74.0 Å². The van der Waals surface area contributed by atoms with Crippen LogP contribution in [0.5, 0.6) is 11.5 Å². The number of non-ortho nitro benzene ring substituents is 1. The smallest absolute Gasteiger partial charge is 0.284 e. The zero-order chi connectivity index (χ0) is 21.1. The van der Waals surface area contributed by atoms with E-state index in [0.717, 1.165) is 6.07 Å². The van der Waals surface area contributed by atoms with Gasteiger partial charge in [0.15, 0.2) is 0 Å². The van der Waals surface area contributed by atoms with Crippen LogP contribution in [0.25, 0.3) is 11.3 Å². The highest BCUT2D eigenvalue weighted by molar-refractivity contribution is 5.82. The molecule has 1 heterocycles. The molecule has 0 saturated carbocycles. The van der Waals surface area contributed by atoms with E-state index in [4.69, 9.17) is 9.15 Å². The SMILES string of the molecule is COc1ccc(-c2ccc(C=Nc3cc([N+](=O)[O-])cc(C)c3O)o2)c([N+](=O)[O-])c1. The second kappa shape index (κ2) is 7.80. The number of benzene rings is 2. The number of phenols is 1. The summed E-state index contributed by atoms with van der Waals surface area (Å²) in [6.45, 7) is 1.52. The van der Waals surface area contributed by atoms with E-state index in [1.165, 1.54) is 50.6 Å². The average molecular weight is 397 g/mol. The highest BCUT2D eigenvalue weighted by atomic mass is 16.6. The van der Waals surface area contributed by atoms with E-state index in [-0.39, 0.29) is 39.9 Å². The number of aromatic hydroxyl groups is 1. The van der Waals surface area contributed by atoms with Crippen LogP contribution in [0.1, 0.15) is 11.3 Å². The van der Waals surface area contributed by atoms with Gasteiger partial charge in [-0.2, -0.15) is 0 Å². The highest BCUT2D eigenvalue weighted by Crippen LogP contribution is 2.36. The minimum Gasteiger partial charge on any atom is -0.505 e. The molecule has 0 spiro atoms. The van der Waals surface area contributed by atoms with E-state index in [1.54, 1.807) is 6.07 Å². The Morgan fingerprint density at radius 2 is 1.86 bits per heavy atom. The van der Waals surface area contributed by atoms with E-state index >= 15 is 0 Å². The Kier molecular flexibility index (Phi) is 5.26. The van der Waals surface area contributed by atoms with Gasteiger partial charge in [-0.15, -0.1) is 0 Å². The molecular formula is C19H15N3O7. The number of methoxy groups -OCH3 is 1. The normalized spacial score (nSPS) is 11.0. The zero-order valence-electron chi connectivity index (χ0n) is 15.4. The molecule has 148 valence electrons. The first-order valence-corrected chi connectivity index (χ1v) is 8.25. The number of furan rings is 1. The van der Waals surface area contributed by atoms with Crippen LogP contribution >= 0.6 is 0 Å². The van der Waals surface area contributed by atoms with E-state index in [1.807, 2.05) is 0 Å². The summed E-state index contributed by atoms with van der Waals surface area (Å²) in [6, 6.07) is 9.81. The second-order valence-electron chi connectivity index (χ2n) is 5.99. The number of rotatable bonds is 6. The lowest BCUT2D eigenvalue weighted by atomic mass is 10.1. The van der Waals surface area contributed by atoms with Crippen LogP contribution in [0.4, 0.5) is 17.1 Å².